The molecule has 1 aromatic carbocycles. The number of unbranched alkanes of at least 4 members (excludes halogenated alkanes) is 2. The Morgan fingerprint density at radius 2 is 2.00 bits per heavy atom. The van der Waals surface area contributed by atoms with E-state index in [1.165, 1.54) is 0 Å². The molecule has 0 saturated heterocycles. The molecule has 0 bridgehead atoms. The van der Waals surface area contributed by atoms with Gasteiger partial charge < -0.3 is 10.4 Å². The molecule has 2 rings (SSSR count). The molecule has 0 fully saturated rings. The average molecular weight is 273 g/mol. The van der Waals surface area contributed by atoms with E-state index in [0.717, 1.165) is 30.5 Å². The molecule has 1 aromatic heterocycles. The van der Waals surface area contributed by atoms with Gasteiger partial charge in [0.05, 0.1) is 17.5 Å². The van der Waals surface area contributed by atoms with Gasteiger partial charge in [-0.05, 0) is 19.3 Å². The van der Waals surface area contributed by atoms with Gasteiger partial charge in [0.15, 0.2) is 0 Å². The van der Waals surface area contributed by atoms with Crippen molar-refractivity contribution in [2.45, 2.75) is 19.3 Å². The summed E-state index contributed by atoms with van der Waals surface area (Å²) < 4.78 is 0. The van der Waals surface area contributed by atoms with Gasteiger partial charge in [-0.1, -0.05) is 30.3 Å². The average Bonchev–Trinajstić information content (AvgIpc) is 2.97. The van der Waals surface area contributed by atoms with Crippen LogP contribution in [-0.2, 0) is 0 Å². The Kier molecular flexibility index (Phi) is 5.32. The highest BCUT2D eigenvalue weighted by molar-refractivity contribution is 5.99. The van der Waals surface area contributed by atoms with E-state index in [4.69, 9.17) is 5.11 Å². The number of aromatic nitrogens is 2. The highest BCUT2D eigenvalue weighted by atomic mass is 16.2. The zero-order valence-electron chi connectivity index (χ0n) is 11.3. The monoisotopic (exact) mass is 273 g/mol. The lowest BCUT2D eigenvalue weighted by atomic mass is 10.1. The van der Waals surface area contributed by atoms with Crippen LogP contribution in [0.4, 0.5) is 0 Å². The van der Waals surface area contributed by atoms with Crippen LogP contribution in [0.2, 0.25) is 0 Å². The molecule has 5 heteroatoms. The molecule has 0 spiro atoms. The van der Waals surface area contributed by atoms with Crippen molar-refractivity contribution in [1.29, 1.82) is 0 Å². The zero-order chi connectivity index (χ0) is 14.2. The van der Waals surface area contributed by atoms with Crippen molar-refractivity contribution in [2.24, 2.45) is 0 Å². The molecule has 1 amide bonds. The molecule has 5 nitrogen and oxygen atoms in total. The first-order valence-corrected chi connectivity index (χ1v) is 6.81. The van der Waals surface area contributed by atoms with Crippen molar-refractivity contribution in [3.8, 4) is 11.3 Å². The lowest BCUT2D eigenvalue weighted by Crippen LogP contribution is -2.24. The van der Waals surface area contributed by atoms with Crippen molar-refractivity contribution in [1.82, 2.24) is 15.5 Å². The maximum Gasteiger partial charge on any atom is 0.255 e. The van der Waals surface area contributed by atoms with Crippen LogP contribution in [0.5, 0.6) is 0 Å². The largest absolute Gasteiger partial charge is 0.396 e. The molecule has 0 aliphatic rings. The Morgan fingerprint density at radius 3 is 2.75 bits per heavy atom. The molecule has 2 aromatic rings. The Hall–Kier alpha value is -2.14. The molecule has 20 heavy (non-hydrogen) atoms. The topological polar surface area (TPSA) is 78.0 Å². The van der Waals surface area contributed by atoms with E-state index < -0.39 is 0 Å². The molecule has 0 aliphatic heterocycles. The maximum atomic E-state index is 12.1. The van der Waals surface area contributed by atoms with Crippen molar-refractivity contribution >= 4 is 5.91 Å². The predicted molar refractivity (Wildman–Crippen MR) is 77.3 cm³/mol. The minimum Gasteiger partial charge on any atom is -0.396 e. The summed E-state index contributed by atoms with van der Waals surface area (Å²) in [6, 6.07) is 9.65. The zero-order valence-corrected chi connectivity index (χ0v) is 11.3. The highest BCUT2D eigenvalue weighted by Gasteiger charge is 2.14. The number of amides is 1. The first-order chi connectivity index (χ1) is 9.83. The van der Waals surface area contributed by atoms with Crippen molar-refractivity contribution in [3.05, 3.63) is 42.1 Å². The molecule has 0 atom stereocenters. The van der Waals surface area contributed by atoms with E-state index in [0.29, 0.717) is 12.1 Å². The normalized spacial score (nSPS) is 10.4. The number of hydrogen-bond acceptors (Lipinski definition) is 3. The third kappa shape index (κ3) is 3.68. The number of rotatable bonds is 7. The van der Waals surface area contributed by atoms with Crippen LogP contribution in [0.1, 0.15) is 29.6 Å². The van der Waals surface area contributed by atoms with Crippen LogP contribution >= 0.6 is 0 Å². The number of aliphatic hydroxyl groups excluding tert-OH is 1. The summed E-state index contributed by atoms with van der Waals surface area (Å²) in [5.41, 5.74) is 2.23. The van der Waals surface area contributed by atoms with E-state index in [2.05, 4.69) is 15.5 Å². The van der Waals surface area contributed by atoms with Crippen molar-refractivity contribution in [2.75, 3.05) is 13.2 Å². The number of H-pyrrole nitrogens is 1. The third-order valence-corrected chi connectivity index (χ3v) is 3.07. The fourth-order valence-corrected chi connectivity index (χ4v) is 1.99. The Bertz CT molecular complexity index is 537. The summed E-state index contributed by atoms with van der Waals surface area (Å²) in [6.45, 7) is 0.812. The maximum absolute atomic E-state index is 12.1. The molecule has 0 saturated carbocycles. The van der Waals surface area contributed by atoms with Gasteiger partial charge >= 0.3 is 0 Å². The second-order valence-electron chi connectivity index (χ2n) is 4.56. The predicted octanol–water partition coefficient (Wildman–Crippen LogP) is 1.97. The summed E-state index contributed by atoms with van der Waals surface area (Å²) in [6.07, 6.45) is 4.10. The SMILES string of the molecule is O=C(NCCCCCO)c1cn[nH]c1-c1ccccc1. The van der Waals surface area contributed by atoms with Gasteiger partial charge in [-0.25, -0.2) is 0 Å². The van der Waals surface area contributed by atoms with Gasteiger partial charge in [-0.15, -0.1) is 0 Å². The first-order valence-electron chi connectivity index (χ1n) is 6.81. The molecule has 0 radical (unpaired) electrons. The number of carbonyl (C=O) groups is 1. The van der Waals surface area contributed by atoms with Gasteiger partial charge in [0.1, 0.15) is 0 Å². The Morgan fingerprint density at radius 1 is 1.20 bits per heavy atom. The molecule has 0 aliphatic carbocycles. The first kappa shape index (κ1) is 14.3. The lowest BCUT2D eigenvalue weighted by Gasteiger charge is -2.05. The number of hydrogen-bond donors (Lipinski definition) is 3. The molecule has 1 heterocycles. The van der Waals surface area contributed by atoms with Crippen molar-refractivity contribution in [3.63, 3.8) is 0 Å². The van der Waals surface area contributed by atoms with Gasteiger partial charge in [0, 0.05) is 18.7 Å². The van der Waals surface area contributed by atoms with Crippen LogP contribution in [-0.4, -0.2) is 34.4 Å². The smallest absolute Gasteiger partial charge is 0.255 e. The standard InChI is InChI=1S/C15H19N3O2/c19-10-6-2-5-9-16-15(20)13-11-17-18-14(13)12-7-3-1-4-8-12/h1,3-4,7-8,11,19H,2,5-6,9-10H2,(H,16,20)(H,17,18). The summed E-state index contributed by atoms with van der Waals surface area (Å²) in [5, 5.41) is 18.4. The molecule has 106 valence electrons. The Balaban J connectivity index is 1.96. The summed E-state index contributed by atoms with van der Waals surface area (Å²) in [7, 11) is 0. The summed E-state index contributed by atoms with van der Waals surface area (Å²) in [4.78, 5) is 12.1. The number of nitrogens with one attached hydrogen (secondary N) is 2. The number of aliphatic hydroxyl groups is 1. The van der Waals surface area contributed by atoms with Crippen molar-refractivity contribution < 1.29 is 9.90 Å². The van der Waals surface area contributed by atoms with E-state index in [9.17, 15) is 4.79 Å². The van der Waals surface area contributed by atoms with Gasteiger partial charge in [0.2, 0.25) is 0 Å². The van der Waals surface area contributed by atoms with Crippen LogP contribution < -0.4 is 5.32 Å². The van der Waals surface area contributed by atoms with Crippen LogP contribution in [0.3, 0.4) is 0 Å². The molecular weight excluding hydrogens is 254 g/mol. The number of carbonyl (C=O) groups excluding carboxylic acids is 1. The van der Waals surface area contributed by atoms with Crippen LogP contribution in [0, 0.1) is 0 Å². The van der Waals surface area contributed by atoms with Crippen LogP contribution in [0.15, 0.2) is 36.5 Å². The fraction of sp³-hybridized carbons (Fsp3) is 0.333. The molecule has 0 unspecified atom stereocenters. The minimum absolute atomic E-state index is 0.124. The van der Waals surface area contributed by atoms with Gasteiger partial charge in [0.25, 0.3) is 5.91 Å². The highest BCUT2D eigenvalue weighted by Crippen LogP contribution is 2.20. The minimum atomic E-state index is -0.124. The van der Waals surface area contributed by atoms with Gasteiger partial charge in [-0.2, -0.15) is 5.10 Å². The Labute approximate surface area is 118 Å². The quantitative estimate of drug-likeness (QED) is 0.675. The lowest BCUT2D eigenvalue weighted by molar-refractivity contribution is 0.0953. The van der Waals surface area contributed by atoms with E-state index in [-0.39, 0.29) is 12.5 Å². The number of nitrogens with zero attached hydrogens (tertiary/aromatic N) is 1. The fourth-order valence-electron chi connectivity index (χ4n) is 1.99. The van der Waals surface area contributed by atoms with Gasteiger partial charge in [-0.3, -0.25) is 9.89 Å². The summed E-state index contributed by atoms with van der Waals surface area (Å²) >= 11 is 0. The molecule has 3 N–H and O–H groups in total. The van der Waals surface area contributed by atoms with E-state index >= 15 is 0 Å². The number of aromatic amines is 1. The number of benzene rings is 1. The van der Waals surface area contributed by atoms with E-state index in [1.54, 1.807) is 6.20 Å². The second kappa shape index (κ2) is 7.45. The van der Waals surface area contributed by atoms with Crippen LogP contribution in [0.25, 0.3) is 11.3 Å². The second-order valence-corrected chi connectivity index (χ2v) is 4.56. The third-order valence-electron chi connectivity index (χ3n) is 3.07. The molecular formula is C15H19N3O2. The van der Waals surface area contributed by atoms with E-state index in [1.807, 2.05) is 30.3 Å². The summed E-state index contributed by atoms with van der Waals surface area (Å²) in [5.74, 6) is -0.124.